The maximum absolute atomic E-state index is 11.7. The number of rotatable bonds is 15. The minimum atomic E-state index is -0.784. The molecule has 0 saturated heterocycles. The van der Waals surface area contributed by atoms with Crippen molar-refractivity contribution >= 4 is 11.9 Å². The Labute approximate surface area is 147 Å². The molecule has 0 heterocycles. The third-order valence-electron chi connectivity index (χ3n) is 4.03. The number of likely N-dealkylation sites (N-methyl/N-ethyl adjacent to an activating group) is 1. The number of hydrogen-bond acceptors (Lipinski definition) is 3. The third kappa shape index (κ3) is 13.1. The summed E-state index contributed by atoms with van der Waals surface area (Å²) < 4.78 is 0. The quantitative estimate of drug-likeness (QED) is 0.353. The molecule has 5 nitrogen and oxygen atoms in total. The van der Waals surface area contributed by atoms with Gasteiger partial charge in [0.25, 0.3) is 0 Å². The number of carboxylic acids is 1. The lowest BCUT2D eigenvalue weighted by atomic mass is 10.1. The van der Waals surface area contributed by atoms with E-state index in [0.717, 1.165) is 44.9 Å². The number of carboxylic acid groups (broad SMARTS) is 1. The zero-order chi connectivity index (χ0) is 18.2. The Kier molecular flexibility index (Phi) is 14.3. The molecule has 0 aliphatic carbocycles. The fourth-order valence-corrected chi connectivity index (χ4v) is 2.51. The smallest absolute Gasteiger partial charge is 0.320 e. The summed E-state index contributed by atoms with van der Waals surface area (Å²) >= 11 is 0. The lowest BCUT2D eigenvalue weighted by molar-refractivity contribution is -0.142. The van der Waals surface area contributed by atoms with Crippen LogP contribution in [0.3, 0.4) is 0 Å². The Morgan fingerprint density at radius 2 is 1.75 bits per heavy atom. The molecule has 0 unspecified atom stereocenters. The summed E-state index contributed by atoms with van der Waals surface area (Å²) in [7, 11) is 3.56. The van der Waals surface area contributed by atoms with Gasteiger partial charge in [-0.15, -0.1) is 0 Å². The predicted molar refractivity (Wildman–Crippen MR) is 99.1 cm³/mol. The Hall–Kier alpha value is -1.36. The summed E-state index contributed by atoms with van der Waals surface area (Å²) in [5.41, 5.74) is 0. The van der Waals surface area contributed by atoms with E-state index in [1.165, 1.54) is 6.42 Å². The molecule has 2 N–H and O–H groups in total. The molecule has 0 saturated carbocycles. The molecule has 0 aromatic rings. The highest BCUT2D eigenvalue weighted by atomic mass is 16.4. The number of allylic oxidation sites excluding steroid dienone is 2. The molecule has 1 atom stereocenters. The zero-order valence-electron chi connectivity index (χ0n) is 15.7. The molecule has 24 heavy (non-hydrogen) atoms. The number of hydrogen-bond donors (Lipinski definition) is 2. The molecule has 0 aromatic carbocycles. The highest BCUT2D eigenvalue weighted by Crippen LogP contribution is 2.07. The van der Waals surface area contributed by atoms with Crippen molar-refractivity contribution in [1.29, 1.82) is 0 Å². The summed E-state index contributed by atoms with van der Waals surface area (Å²) in [4.78, 5) is 24.5. The minimum absolute atomic E-state index is 0.110. The number of nitrogens with one attached hydrogen (secondary N) is 1. The number of carbonyl (C=O) groups excluding carboxylic acids is 1. The Morgan fingerprint density at radius 1 is 1.04 bits per heavy atom. The van der Waals surface area contributed by atoms with E-state index in [1.54, 1.807) is 19.0 Å². The second-order valence-electron chi connectivity index (χ2n) is 6.52. The van der Waals surface area contributed by atoms with Crippen LogP contribution >= 0.6 is 0 Å². The molecular weight excluding hydrogens is 304 g/mol. The van der Waals surface area contributed by atoms with Crippen LogP contribution in [0, 0.1) is 0 Å². The summed E-state index contributed by atoms with van der Waals surface area (Å²) in [6.07, 6.45) is 13.9. The molecule has 1 amide bonds. The van der Waals surface area contributed by atoms with Gasteiger partial charge in [0.1, 0.15) is 6.04 Å². The number of unbranched alkanes of at least 4 members (excludes halogenated alkanes) is 5. The Bertz CT molecular complexity index is 368. The molecule has 0 aliphatic rings. The van der Waals surface area contributed by atoms with Crippen molar-refractivity contribution in [3.05, 3.63) is 12.2 Å². The van der Waals surface area contributed by atoms with Gasteiger partial charge < -0.3 is 10.4 Å². The van der Waals surface area contributed by atoms with Crippen LogP contribution in [0.15, 0.2) is 12.2 Å². The van der Waals surface area contributed by atoms with E-state index in [4.69, 9.17) is 5.11 Å². The van der Waals surface area contributed by atoms with Gasteiger partial charge in [-0.05, 0) is 59.0 Å². The molecule has 140 valence electrons. The SMILES string of the molecule is CCC/C=C/CCCCCC(=O)NCCCC[C@@H](C(=O)O)N(C)C. The number of amides is 1. The lowest BCUT2D eigenvalue weighted by Crippen LogP contribution is -2.35. The van der Waals surface area contributed by atoms with Gasteiger partial charge in [-0.1, -0.05) is 31.9 Å². The molecule has 5 heteroatoms. The fourth-order valence-electron chi connectivity index (χ4n) is 2.51. The standard InChI is InChI=1S/C19H36N2O3/c1-4-5-6-7-8-9-10-11-15-18(22)20-16-13-12-14-17(19(23)24)21(2)3/h6-7,17H,4-5,8-16H2,1-3H3,(H,20,22)(H,23,24)/b7-6+/t17-/m0/s1. The largest absolute Gasteiger partial charge is 0.480 e. The van der Waals surface area contributed by atoms with Crippen LogP contribution in [0.4, 0.5) is 0 Å². The molecule has 0 spiro atoms. The minimum Gasteiger partial charge on any atom is -0.480 e. The van der Waals surface area contributed by atoms with Crippen molar-refractivity contribution in [2.75, 3.05) is 20.6 Å². The summed E-state index contributed by atoms with van der Waals surface area (Å²) in [6, 6.07) is -0.438. The molecular formula is C19H36N2O3. The van der Waals surface area contributed by atoms with Crippen LogP contribution < -0.4 is 5.32 Å². The molecule has 0 fully saturated rings. The average molecular weight is 341 g/mol. The first-order valence-corrected chi connectivity index (χ1v) is 9.30. The first kappa shape index (κ1) is 22.6. The fraction of sp³-hybridized carbons (Fsp3) is 0.789. The van der Waals surface area contributed by atoms with Crippen LogP contribution in [-0.4, -0.2) is 48.6 Å². The van der Waals surface area contributed by atoms with Gasteiger partial charge in [0.15, 0.2) is 0 Å². The Morgan fingerprint density at radius 3 is 2.38 bits per heavy atom. The maximum atomic E-state index is 11.7. The van der Waals surface area contributed by atoms with Crippen LogP contribution in [0.2, 0.25) is 0 Å². The Balaban J connectivity index is 3.51. The van der Waals surface area contributed by atoms with Gasteiger partial charge in [-0.2, -0.15) is 0 Å². The van der Waals surface area contributed by atoms with Crippen molar-refractivity contribution in [3.8, 4) is 0 Å². The van der Waals surface area contributed by atoms with Gasteiger partial charge in [-0.25, -0.2) is 0 Å². The maximum Gasteiger partial charge on any atom is 0.320 e. The van der Waals surface area contributed by atoms with Gasteiger partial charge >= 0.3 is 5.97 Å². The lowest BCUT2D eigenvalue weighted by Gasteiger charge is -2.19. The number of carbonyl (C=O) groups is 2. The summed E-state index contributed by atoms with van der Waals surface area (Å²) in [5, 5.41) is 12.0. The van der Waals surface area contributed by atoms with Gasteiger partial charge in [-0.3, -0.25) is 14.5 Å². The van der Waals surface area contributed by atoms with Gasteiger partial charge in [0, 0.05) is 13.0 Å². The highest BCUT2D eigenvalue weighted by Gasteiger charge is 2.18. The monoisotopic (exact) mass is 340 g/mol. The molecule has 0 aliphatic heterocycles. The average Bonchev–Trinajstić information content (AvgIpc) is 2.52. The molecule has 0 bridgehead atoms. The highest BCUT2D eigenvalue weighted by molar-refractivity contribution is 5.75. The zero-order valence-corrected chi connectivity index (χ0v) is 15.7. The number of nitrogens with zero attached hydrogens (tertiary/aromatic N) is 1. The van der Waals surface area contributed by atoms with Crippen LogP contribution in [0.5, 0.6) is 0 Å². The molecule has 0 rings (SSSR count). The van der Waals surface area contributed by atoms with E-state index < -0.39 is 12.0 Å². The first-order valence-electron chi connectivity index (χ1n) is 9.30. The number of aliphatic carboxylic acids is 1. The van der Waals surface area contributed by atoms with Crippen molar-refractivity contribution in [2.24, 2.45) is 0 Å². The van der Waals surface area contributed by atoms with Crippen molar-refractivity contribution in [2.45, 2.75) is 77.2 Å². The van der Waals surface area contributed by atoms with Crippen molar-refractivity contribution in [3.63, 3.8) is 0 Å². The summed E-state index contributed by atoms with van der Waals surface area (Å²) in [5.74, 6) is -0.674. The van der Waals surface area contributed by atoms with E-state index in [9.17, 15) is 9.59 Å². The van der Waals surface area contributed by atoms with E-state index in [-0.39, 0.29) is 5.91 Å². The first-order chi connectivity index (χ1) is 11.5. The second-order valence-corrected chi connectivity index (χ2v) is 6.52. The third-order valence-corrected chi connectivity index (χ3v) is 4.03. The van der Waals surface area contributed by atoms with E-state index in [1.807, 2.05) is 0 Å². The van der Waals surface area contributed by atoms with Crippen LogP contribution in [0.1, 0.15) is 71.1 Å². The van der Waals surface area contributed by atoms with Gasteiger partial charge in [0.05, 0.1) is 0 Å². The topological polar surface area (TPSA) is 69.6 Å². The van der Waals surface area contributed by atoms with Crippen molar-refractivity contribution < 1.29 is 14.7 Å². The predicted octanol–water partition coefficient (Wildman–Crippen LogP) is 3.59. The molecule has 0 aromatic heterocycles. The molecule has 0 radical (unpaired) electrons. The van der Waals surface area contributed by atoms with E-state index in [2.05, 4.69) is 24.4 Å². The van der Waals surface area contributed by atoms with Gasteiger partial charge in [0.2, 0.25) is 5.91 Å². The van der Waals surface area contributed by atoms with E-state index in [0.29, 0.717) is 19.4 Å². The van der Waals surface area contributed by atoms with Crippen LogP contribution in [0.25, 0.3) is 0 Å². The van der Waals surface area contributed by atoms with Crippen molar-refractivity contribution in [1.82, 2.24) is 10.2 Å². The normalized spacial score (nSPS) is 12.7. The van der Waals surface area contributed by atoms with Crippen LogP contribution in [-0.2, 0) is 9.59 Å². The second kappa shape index (κ2) is 15.2. The summed E-state index contributed by atoms with van der Waals surface area (Å²) in [6.45, 7) is 2.81. The van der Waals surface area contributed by atoms with E-state index >= 15 is 0 Å².